The maximum absolute atomic E-state index is 11.8. The van der Waals surface area contributed by atoms with E-state index in [1.54, 1.807) is 12.1 Å². The van der Waals surface area contributed by atoms with Crippen LogP contribution in [0.15, 0.2) is 27.8 Å². The fourth-order valence-electron chi connectivity index (χ4n) is 0.628. The van der Waals surface area contributed by atoms with E-state index in [1.165, 1.54) is 6.20 Å². The fraction of sp³-hybridized carbons (Fsp3) is 0.167. The van der Waals surface area contributed by atoms with Crippen molar-refractivity contribution in [3.63, 3.8) is 0 Å². The molecule has 0 N–H and O–H groups in total. The predicted octanol–water partition coefficient (Wildman–Crippen LogP) is 0.327. The summed E-state index contributed by atoms with van der Waals surface area (Å²) in [6, 6.07) is 3.22. The number of aromatic nitrogens is 1. The Balaban J connectivity index is 0.00000169. The van der Waals surface area contributed by atoms with E-state index in [2.05, 4.69) is 20.9 Å². The van der Waals surface area contributed by atoms with Gasteiger partial charge in [-0.25, -0.2) is 4.98 Å². The molecule has 0 aliphatic heterocycles. The number of hydrogen-bond acceptors (Lipinski definition) is 2. The van der Waals surface area contributed by atoms with Crippen LogP contribution in [0.2, 0.25) is 0 Å². The third kappa shape index (κ3) is 6.86. The van der Waals surface area contributed by atoms with Crippen LogP contribution in [0.4, 0.5) is 12.9 Å². The Morgan fingerprint density at radius 1 is 1.36 bits per heavy atom. The Kier molecular flexibility index (Phi) is 7.65. The van der Waals surface area contributed by atoms with Gasteiger partial charge in [0.05, 0.1) is 5.03 Å². The minimum atomic E-state index is -4.73. The summed E-state index contributed by atoms with van der Waals surface area (Å²) in [5.41, 5.74) is -0.839. The second-order valence-corrected chi connectivity index (χ2v) is 4.29. The molecule has 1 aromatic rings. The van der Waals surface area contributed by atoms with Crippen molar-refractivity contribution < 1.29 is 64.3 Å². The number of pyridine rings is 1. The monoisotopic (exact) mass is 309 g/mol. The summed E-state index contributed by atoms with van der Waals surface area (Å²) < 4.78 is 36.2. The molecule has 72 valence electrons. The molecule has 0 amide bonds. The van der Waals surface area contributed by atoms with Crippen LogP contribution in [0.1, 0.15) is 0 Å². The van der Waals surface area contributed by atoms with Gasteiger partial charge in [-0.05, 0) is 33.7 Å². The zero-order valence-corrected chi connectivity index (χ0v) is 12.9. The summed E-state index contributed by atoms with van der Waals surface area (Å²) in [6.45, 7) is -4.73. The average Bonchev–Trinajstić information content (AvgIpc) is 2.02. The van der Waals surface area contributed by atoms with Gasteiger partial charge in [0, 0.05) is 10.7 Å². The van der Waals surface area contributed by atoms with Crippen LogP contribution in [0.25, 0.3) is 0 Å². The van der Waals surface area contributed by atoms with Gasteiger partial charge in [-0.2, -0.15) is 0 Å². The third-order valence-corrected chi connectivity index (χ3v) is 2.67. The Morgan fingerprint density at radius 3 is 2.43 bits per heavy atom. The molecule has 0 aromatic carbocycles. The fourth-order valence-corrected chi connectivity index (χ4v) is 1.51. The van der Waals surface area contributed by atoms with Gasteiger partial charge >= 0.3 is 58.4 Å². The molecule has 0 saturated carbocycles. The summed E-state index contributed by atoms with van der Waals surface area (Å²) in [6.07, 6.45) is 1.48. The molecular weight excluding hydrogens is 305 g/mol. The zero-order chi connectivity index (χ0) is 9.90. The Morgan fingerprint density at radius 2 is 2.00 bits per heavy atom. The first kappa shape index (κ1) is 15.5. The molecule has 0 aliphatic carbocycles. The van der Waals surface area contributed by atoms with Crippen LogP contribution < -0.4 is 51.4 Å². The molecule has 1 nitrogen and oxygen atoms in total. The van der Waals surface area contributed by atoms with Gasteiger partial charge < -0.3 is 12.9 Å². The molecule has 0 atom stereocenters. The number of thioether (sulfide) groups is 1. The van der Waals surface area contributed by atoms with E-state index in [-0.39, 0.29) is 51.4 Å². The van der Waals surface area contributed by atoms with Crippen molar-refractivity contribution in [2.45, 2.75) is 5.03 Å². The van der Waals surface area contributed by atoms with Crippen molar-refractivity contribution in [2.24, 2.45) is 0 Å². The van der Waals surface area contributed by atoms with Crippen LogP contribution >= 0.6 is 27.7 Å². The van der Waals surface area contributed by atoms with Gasteiger partial charge in [-0.3, -0.25) is 0 Å². The quantitative estimate of drug-likeness (QED) is 0.589. The summed E-state index contributed by atoms with van der Waals surface area (Å²) in [7, 11) is 0. The molecule has 8 heteroatoms. The molecule has 0 radical (unpaired) electrons. The molecule has 1 rings (SSSR count). The molecule has 0 bridgehead atoms. The van der Waals surface area contributed by atoms with Crippen LogP contribution in [-0.4, -0.2) is 17.6 Å². The summed E-state index contributed by atoms with van der Waals surface area (Å²) in [4.78, 5) is 3.81. The second-order valence-electron chi connectivity index (χ2n) is 2.34. The van der Waals surface area contributed by atoms with Gasteiger partial charge in [-0.15, -0.1) is 11.8 Å². The molecule has 1 aromatic heterocycles. The van der Waals surface area contributed by atoms with Crippen molar-refractivity contribution in [3.05, 3.63) is 22.8 Å². The first-order chi connectivity index (χ1) is 5.97. The van der Waals surface area contributed by atoms with Crippen LogP contribution in [0, 0.1) is 0 Å². The van der Waals surface area contributed by atoms with Crippen molar-refractivity contribution in [3.8, 4) is 0 Å². The standard InChI is InChI=1S/C6H5BBrF3NS.K/c8-5-1-2-6(12-3-5)13-4-7(9,10)11;/h1-3H,4H2;/q-1;+1. The largest absolute Gasteiger partial charge is 1.00 e. The van der Waals surface area contributed by atoms with Crippen molar-refractivity contribution in [1.29, 1.82) is 0 Å². The van der Waals surface area contributed by atoms with E-state index in [4.69, 9.17) is 0 Å². The Labute approximate surface area is 135 Å². The first-order valence-corrected chi connectivity index (χ1v) is 5.20. The van der Waals surface area contributed by atoms with Crippen LogP contribution in [-0.2, 0) is 0 Å². The number of nitrogens with zero attached hydrogens (tertiary/aromatic N) is 1. The summed E-state index contributed by atoms with van der Waals surface area (Å²) in [5, 5.41) is 0.391. The third-order valence-electron chi connectivity index (χ3n) is 1.12. The maximum Gasteiger partial charge on any atom is 1.00 e. The van der Waals surface area contributed by atoms with Gasteiger partial charge in [0.15, 0.2) is 0 Å². The van der Waals surface area contributed by atoms with Gasteiger partial charge in [-0.1, -0.05) is 0 Å². The van der Waals surface area contributed by atoms with Gasteiger partial charge in [0.2, 0.25) is 0 Å². The molecule has 0 fully saturated rings. The van der Waals surface area contributed by atoms with Crippen molar-refractivity contribution in [2.75, 3.05) is 5.65 Å². The minimum absolute atomic E-state index is 0. The molecule has 0 spiro atoms. The molecule has 0 saturated heterocycles. The molecule has 14 heavy (non-hydrogen) atoms. The zero-order valence-electron chi connectivity index (χ0n) is 7.38. The normalized spacial score (nSPS) is 10.9. The van der Waals surface area contributed by atoms with Gasteiger partial charge in [0.25, 0.3) is 0 Å². The number of halogens is 4. The van der Waals surface area contributed by atoms with Crippen LogP contribution in [0.5, 0.6) is 0 Å². The second kappa shape index (κ2) is 6.93. The molecular formula is C6H5BBrF3KNS. The van der Waals surface area contributed by atoms with E-state index in [0.717, 1.165) is 4.47 Å². The number of rotatable bonds is 3. The Bertz CT molecular complexity index is 281. The van der Waals surface area contributed by atoms with E-state index in [9.17, 15) is 12.9 Å². The maximum atomic E-state index is 11.8. The predicted molar refractivity (Wildman–Crippen MR) is 51.7 cm³/mol. The first-order valence-electron chi connectivity index (χ1n) is 3.43. The molecule has 1 heterocycles. The van der Waals surface area contributed by atoms with E-state index < -0.39 is 12.6 Å². The summed E-state index contributed by atoms with van der Waals surface area (Å²) in [5.74, 6) is 0. The SMILES string of the molecule is F[B-](F)(F)CSc1ccc(Br)cn1.[K+]. The van der Waals surface area contributed by atoms with E-state index in [0.29, 0.717) is 16.8 Å². The molecule has 0 unspecified atom stereocenters. The van der Waals surface area contributed by atoms with E-state index >= 15 is 0 Å². The molecule has 0 aliphatic rings. The smallest absolute Gasteiger partial charge is 0.448 e. The number of hydrogen-bond donors (Lipinski definition) is 0. The van der Waals surface area contributed by atoms with Crippen molar-refractivity contribution >= 4 is 34.7 Å². The average molecular weight is 310 g/mol. The topological polar surface area (TPSA) is 12.9 Å². The van der Waals surface area contributed by atoms with E-state index in [1.807, 2.05) is 0 Å². The van der Waals surface area contributed by atoms with Gasteiger partial charge in [0.1, 0.15) is 0 Å². The summed E-state index contributed by atoms with van der Waals surface area (Å²) >= 11 is 3.85. The Hall–Kier alpha value is 1.47. The minimum Gasteiger partial charge on any atom is -0.448 e. The van der Waals surface area contributed by atoms with Crippen molar-refractivity contribution in [1.82, 2.24) is 4.98 Å². The van der Waals surface area contributed by atoms with Crippen LogP contribution in [0.3, 0.4) is 0 Å².